The Kier molecular flexibility index (Phi) is 2.61. The SMILES string of the molecule is OC1CCOC(c2cnc(C3CC3)nc2)C1. The molecule has 1 aliphatic heterocycles. The molecule has 0 amide bonds. The van der Waals surface area contributed by atoms with E-state index in [2.05, 4.69) is 9.97 Å². The van der Waals surface area contributed by atoms with Gasteiger partial charge in [0.25, 0.3) is 0 Å². The molecule has 1 N–H and O–H groups in total. The fraction of sp³-hybridized carbons (Fsp3) is 0.667. The van der Waals surface area contributed by atoms with E-state index in [-0.39, 0.29) is 12.2 Å². The summed E-state index contributed by atoms with van der Waals surface area (Å²) in [6.07, 6.45) is 7.26. The van der Waals surface area contributed by atoms with E-state index in [0.717, 1.165) is 17.8 Å². The fourth-order valence-corrected chi connectivity index (χ4v) is 2.08. The zero-order valence-electron chi connectivity index (χ0n) is 9.17. The molecule has 1 aromatic rings. The highest BCUT2D eigenvalue weighted by Crippen LogP contribution is 2.38. The van der Waals surface area contributed by atoms with E-state index >= 15 is 0 Å². The summed E-state index contributed by atoms with van der Waals surface area (Å²) < 4.78 is 5.61. The van der Waals surface area contributed by atoms with Crippen molar-refractivity contribution in [3.8, 4) is 0 Å². The summed E-state index contributed by atoms with van der Waals surface area (Å²) in [5.74, 6) is 1.55. The molecule has 0 aromatic carbocycles. The second kappa shape index (κ2) is 4.11. The van der Waals surface area contributed by atoms with Crippen molar-refractivity contribution in [3.05, 3.63) is 23.8 Å². The van der Waals surface area contributed by atoms with Crippen LogP contribution in [-0.4, -0.2) is 27.8 Å². The zero-order chi connectivity index (χ0) is 11.0. The molecule has 16 heavy (non-hydrogen) atoms. The van der Waals surface area contributed by atoms with Gasteiger partial charge in [0.1, 0.15) is 5.82 Å². The molecule has 0 bridgehead atoms. The Bertz CT molecular complexity index is 362. The summed E-state index contributed by atoms with van der Waals surface area (Å²) in [6, 6.07) is 0. The van der Waals surface area contributed by atoms with Gasteiger partial charge in [0, 0.05) is 36.9 Å². The molecular weight excluding hydrogens is 204 g/mol. The first-order chi connectivity index (χ1) is 7.83. The van der Waals surface area contributed by atoms with E-state index in [4.69, 9.17) is 4.74 Å². The van der Waals surface area contributed by atoms with E-state index in [9.17, 15) is 5.11 Å². The lowest BCUT2D eigenvalue weighted by Gasteiger charge is -2.26. The Morgan fingerprint density at radius 1 is 1.19 bits per heavy atom. The maximum Gasteiger partial charge on any atom is 0.131 e. The molecule has 0 radical (unpaired) electrons. The van der Waals surface area contributed by atoms with E-state index in [1.165, 1.54) is 12.8 Å². The number of rotatable bonds is 2. The van der Waals surface area contributed by atoms with E-state index < -0.39 is 0 Å². The van der Waals surface area contributed by atoms with Gasteiger partial charge in [-0.3, -0.25) is 0 Å². The average Bonchev–Trinajstić information content (AvgIpc) is 3.13. The second-order valence-electron chi connectivity index (χ2n) is 4.69. The number of aromatic nitrogens is 2. The number of hydrogen-bond donors (Lipinski definition) is 1. The predicted molar refractivity (Wildman–Crippen MR) is 57.9 cm³/mol. The van der Waals surface area contributed by atoms with Gasteiger partial charge in [-0.2, -0.15) is 0 Å². The van der Waals surface area contributed by atoms with Crippen molar-refractivity contribution in [2.75, 3.05) is 6.61 Å². The number of ether oxygens (including phenoxy) is 1. The molecule has 1 aromatic heterocycles. The lowest BCUT2D eigenvalue weighted by molar-refractivity contribution is -0.0450. The van der Waals surface area contributed by atoms with Crippen molar-refractivity contribution < 1.29 is 9.84 Å². The van der Waals surface area contributed by atoms with E-state index in [1.807, 2.05) is 12.4 Å². The Hall–Kier alpha value is -1.00. The van der Waals surface area contributed by atoms with Crippen LogP contribution < -0.4 is 0 Å². The Morgan fingerprint density at radius 3 is 2.56 bits per heavy atom. The lowest BCUT2D eigenvalue weighted by atomic mass is 10.0. The molecule has 86 valence electrons. The minimum Gasteiger partial charge on any atom is -0.393 e. The number of nitrogens with zero attached hydrogens (tertiary/aromatic N) is 2. The highest BCUT2D eigenvalue weighted by atomic mass is 16.5. The van der Waals surface area contributed by atoms with Crippen LogP contribution in [0.2, 0.25) is 0 Å². The molecule has 2 atom stereocenters. The monoisotopic (exact) mass is 220 g/mol. The third kappa shape index (κ3) is 2.08. The van der Waals surface area contributed by atoms with Crippen molar-refractivity contribution in [1.29, 1.82) is 0 Å². The van der Waals surface area contributed by atoms with Gasteiger partial charge in [-0.05, 0) is 19.3 Å². The van der Waals surface area contributed by atoms with Crippen molar-refractivity contribution in [2.24, 2.45) is 0 Å². The van der Waals surface area contributed by atoms with Crippen LogP contribution in [0.5, 0.6) is 0 Å². The van der Waals surface area contributed by atoms with Crippen molar-refractivity contribution in [3.63, 3.8) is 0 Å². The zero-order valence-corrected chi connectivity index (χ0v) is 9.17. The Morgan fingerprint density at radius 2 is 1.94 bits per heavy atom. The quantitative estimate of drug-likeness (QED) is 0.822. The standard InChI is InChI=1S/C12H16N2O2/c15-10-3-4-16-11(5-10)9-6-13-12(14-7-9)8-1-2-8/h6-8,10-11,15H,1-5H2. The molecule has 2 heterocycles. The summed E-state index contributed by atoms with van der Waals surface area (Å²) in [5.41, 5.74) is 0.989. The molecule has 3 rings (SSSR count). The molecule has 1 saturated heterocycles. The molecule has 1 aliphatic carbocycles. The van der Waals surface area contributed by atoms with Gasteiger partial charge in [-0.25, -0.2) is 9.97 Å². The number of hydrogen-bond acceptors (Lipinski definition) is 4. The van der Waals surface area contributed by atoms with Crippen LogP contribution in [-0.2, 0) is 4.74 Å². The number of aliphatic hydroxyl groups is 1. The van der Waals surface area contributed by atoms with Crippen LogP contribution in [0.25, 0.3) is 0 Å². The topological polar surface area (TPSA) is 55.2 Å². The summed E-state index contributed by atoms with van der Waals surface area (Å²) in [5, 5.41) is 9.57. The van der Waals surface area contributed by atoms with Gasteiger partial charge in [0.05, 0.1) is 12.2 Å². The van der Waals surface area contributed by atoms with Crippen molar-refractivity contribution in [1.82, 2.24) is 9.97 Å². The predicted octanol–water partition coefficient (Wildman–Crippen LogP) is 1.57. The van der Waals surface area contributed by atoms with Crippen LogP contribution >= 0.6 is 0 Å². The first-order valence-corrected chi connectivity index (χ1v) is 5.94. The summed E-state index contributed by atoms with van der Waals surface area (Å²) >= 11 is 0. The average molecular weight is 220 g/mol. The van der Waals surface area contributed by atoms with Gasteiger partial charge in [0.2, 0.25) is 0 Å². The largest absolute Gasteiger partial charge is 0.393 e. The third-order valence-corrected chi connectivity index (χ3v) is 3.26. The first kappa shape index (κ1) is 10.2. The lowest BCUT2D eigenvalue weighted by Crippen LogP contribution is -2.23. The van der Waals surface area contributed by atoms with Crippen LogP contribution in [0.15, 0.2) is 12.4 Å². The van der Waals surface area contributed by atoms with Gasteiger partial charge < -0.3 is 9.84 Å². The molecule has 2 aliphatic rings. The third-order valence-electron chi connectivity index (χ3n) is 3.26. The number of aliphatic hydroxyl groups excluding tert-OH is 1. The van der Waals surface area contributed by atoms with Crippen molar-refractivity contribution >= 4 is 0 Å². The fourth-order valence-electron chi connectivity index (χ4n) is 2.08. The maximum atomic E-state index is 9.57. The summed E-state index contributed by atoms with van der Waals surface area (Å²) in [6.45, 7) is 0.621. The minimum absolute atomic E-state index is 0.0306. The normalized spacial score (nSPS) is 30.3. The van der Waals surface area contributed by atoms with Gasteiger partial charge >= 0.3 is 0 Å². The van der Waals surface area contributed by atoms with Gasteiger partial charge in [-0.1, -0.05) is 0 Å². The highest BCUT2D eigenvalue weighted by Gasteiger charge is 2.27. The molecule has 1 saturated carbocycles. The molecule has 2 fully saturated rings. The van der Waals surface area contributed by atoms with E-state index in [0.29, 0.717) is 18.9 Å². The van der Waals surface area contributed by atoms with E-state index in [1.54, 1.807) is 0 Å². The Labute approximate surface area is 94.7 Å². The van der Waals surface area contributed by atoms with Crippen LogP contribution in [0.1, 0.15) is 49.1 Å². The minimum atomic E-state index is -0.248. The summed E-state index contributed by atoms with van der Waals surface area (Å²) in [7, 11) is 0. The molecule has 2 unspecified atom stereocenters. The summed E-state index contributed by atoms with van der Waals surface area (Å²) in [4.78, 5) is 8.74. The Balaban J connectivity index is 1.72. The first-order valence-electron chi connectivity index (χ1n) is 5.94. The van der Waals surface area contributed by atoms with Crippen LogP contribution in [0, 0.1) is 0 Å². The highest BCUT2D eigenvalue weighted by molar-refractivity contribution is 5.13. The maximum absolute atomic E-state index is 9.57. The molecular formula is C12H16N2O2. The second-order valence-corrected chi connectivity index (χ2v) is 4.69. The van der Waals surface area contributed by atoms with Crippen LogP contribution in [0.3, 0.4) is 0 Å². The van der Waals surface area contributed by atoms with Gasteiger partial charge in [0.15, 0.2) is 0 Å². The van der Waals surface area contributed by atoms with Crippen LogP contribution in [0.4, 0.5) is 0 Å². The molecule has 4 heteroatoms. The molecule has 4 nitrogen and oxygen atoms in total. The molecule has 0 spiro atoms. The smallest absolute Gasteiger partial charge is 0.131 e. The van der Waals surface area contributed by atoms with Gasteiger partial charge in [-0.15, -0.1) is 0 Å². The van der Waals surface area contributed by atoms with Crippen molar-refractivity contribution in [2.45, 2.75) is 43.8 Å².